The van der Waals surface area contributed by atoms with Gasteiger partial charge in [-0.1, -0.05) is 12.8 Å². The predicted molar refractivity (Wildman–Crippen MR) is 93.8 cm³/mol. The fraction of sp³-hybridized carbons (Fsp3) is 0.647. The molecule has 0 spiro atoms. The third kappa shape index (κ3) is 6.60. The zero-order valence-electron chi connectivity index (χ0n) is 14.0. The summed E-state index contributed by atoms with van der Waals surface area (Å²) in [5.74, 6) is 0.0271. The minimum atomic E-state index is -0.209. The Kier molecular flexibility index (Phi) is 6.89. The van der Waals surface area contributed by atoms with Crippen molar-refractivity contribution in [3.63, 3.8) is 0 Å². The molecule has 1 fully saturated rings. The van der Waals surface area contributed by atoms with Crippen LogP contribution in [0, 0.1) is 6.92 Å². The maximum absolute atomic E-state index is 11.8. The van der Waals surface area contributed by atoms with Crippen molar-refractivity contribution < 1.29 is 9.59 Å². The highest BCUT2D eigenvalue weighted by atomic mass is 32.1. The van der Waals surface area contributed by atoms with Crippen LogP contribution in [0.15, 0.2) is 12.1 Å². The number of urea groups is 1. The van der Waals surface area contributed by atoms with E-state index >= 15 is 0 Å². The van der Waals surface area contributed by atoms with Gasteiger partial charge in [-0.05, 0) is 38.8 Å². The number of carbonyl (C=O) groups is 2. The third-order valence-corrected chi connectivity index (χ3v) is 5.06. The van der Waals surface area contributed by atoms with Gasteiger partial charge in [0.25, 0.3) is 0 Å². The van der Waals surface area contributed by atoms with E-state index in [0.29, 0.717) is 19.0 Å². The van der Waals surface area contributed by atoms with Gasteiger partial charge in [0.2, 0.25) is 5.91 Å². The lowest BCUT2D eigenvalue weighted by Gasteiger charge is -2.15. The predicted octanol–water partition coefficient (Wildman–Crippen LogP) is 2.74. The van der Waals surface area contributed by atoms with Gasteiger partial charge in [-0.2, -0.15) is 0 Å². The van der Waals surface area contributed by atoms with E-state index in [1.807, 2.05) is 6.92 Å². The van der Waals surface area contributed by atoms with Gasteiger partial charge in [-0.3, -0.25) is 4.79 Å². The van der Waals surface area contributed by atoms with E-state index < -0.39 is 0 Å². The van der Waals surface area contributed by atoms with Crippen LogP contribution in [0.3, 0.4) is 0 Å². The van der Waals surface area contributed by atoms with Gasteiger partial charge < -0.3 is 16.0 Å². The van der Waals surface area contributed by atoms with E-state index in [2.05, 4.69) is 35.0 Å². The van der Waals surface area contributed by atoms with E-state index in [0.717, 1.165) is 19.3 Å². The normalized spacial score (nSPS) is 16.1. The molecule has 5 nitrogen and oxygen atoms in total. The minimum Gasteiger partial charge on any atom is -0.353 e. The van der Waals surface area contributed by atoms with Crippen molar-refractivity contribution in [3.05, 3.63) is 21.9 Å². The van der Waals surface area contributed by atoms with E-state index in [4.69, 9.17) is 0 Å². The monoisotopic (exact) mass is 337 g/mol. The van der Waals surface area contributed by atoms with Crippen LogP contribution < -0.4 is 16.0 Å². The topological polar surface area (TPSA) is 70.2 Å². The Labute approximate surface area is 142 Å². The second kappa shape index (κ2) is 8.91. The number of carbonyl (C=O) groups excluding carboxylic acids is 2. The molecule has 0 radical (unpaired) electrons. The highest BCUT2D eigenvalue weighted by molar-refractivity contribution is 7.11. The molecule has 0 aromatic carbocycles. The van der Waals surface area contributed by atoms with Crippen molar-refractivity contribution in [2.24, 2.45) is 0 Å². The SMILES string of the molecule is Cc1ccc(C[C@H](C)NC(=O)NCCC(=O)NC2CCCC2)s1. The number of aryl methyl sites for hydroxylation is 1. The molecule has 3 amide bonds. The standard InChI is InChI=1S/C17H27N3O2S/c1-12(11-15-8-7-13(2)23-15)19-17(22)18-10-9-16(21)20-14-5-3-4-6-14/h7-8,12,14H,3-6,9-11H2,1-2H3,(H,20,21)(H2,18,19,22)/t12-/m0/s1. The molecule has 0 bridgehead atoms. The summed E-state index contributed by atoms with van der Waals surface area (Å²) < 4.78 is 0. The van der Waals surface area contributed by atoms with Crippen LogP contribution in [0.2, 0.25) is 0 Å². The van der Waals surface area contributed by atoms with Crippen LogP contribution in [0.25, 0.3) is 0 Å². The quantitative estimate of drug-likeness (QED) is 0.716. The molecule has 1 heterocycles. The molecule has 6 heteroatoms. The second-order valence-electron chi connectivity index (χ2n) is 6.32. The number of hydrogen-bond donors (Lipinski definition) is 3. The first kappa shape index (κ1) is 17.8. The maximum Gasteiger partial charge on any atom is 0.315 e. The molecule has 2 rings (SSSR count). The third-order valence-electron chi connectivity index (χ3n) is 4.04. The summed E-state index contributed by atoms with van der Waals surface area (Å²) in [6, 6.07) is 4.39. The van der Waals surface area contributed by atoms with Crippen molar-refractivity contribution >= 4 is 23.3 Å². The number of nitrogens with one attached hydrogen (secondary N) is 3. The molecule has 1 aromatic heterocycles. The molecule has 1 atom stereocenters. The molecule has 1 aliphatic rings. The Bertz CT molecular complexity index is 524. The zero-order valence-corrected chi connectivity index (χ0v) is 14.8. The van der Waals surface area contributed by atoms with Crippen molar-refractivity contribution in [3.8, 4) is 0 Å². The summed E-state index contributed by atoms with van der Waals surface area (Å²) in [6.45, 7) is 4.44. The molecule has 1 saturated carbocycles. The van der Waals surface area contributed by atoms with Gasteiger partial charge in [0.1, 0.15) is 0 Å². The van der Waals surface area contributed by atoms with Crippen molar-refractivity contribution in [2.45, 2.75) is 64.5 Å². The molecule has 0 unspecified atom stereocenters. The summed E-state index contributed by atoms with van der Waals surface area (Å²) in [7, 11) is 0. The average molecular weight is 337 g/mol. The van der Waals surface area contributed by atoms with E-state index in [1.54, 1.807) is 11.3 Å². The molecular formula is C17H27N3O2S. The number of rotatable bonds is 7. The number of thiophene rings is 1. The smallest absolute Gasteiger partial charge is 0.315 e. The molecule has 1 aromatic rings. The summed E-state index contributed by atoms with van der Waals surface area (Å²) in [5, 5.41) is 8.68. The van der Waals surface area contributed by atoms with Gasteiger partial charge >= 0.3 is 6.03 Å². The van der Waals surface area contributed by atoms with E-state index in [-0.39, 0.29) is 18.0 Å². The maximum atomic E-state index is 11.8. The lowest BCUT2D eigenvalue weighted by atomic mass is 10.2. The molecular weight excluding hydrogens is 310 g/mol. The first-order chi connectivity index (χ1) is 11.0. The summed E-state index contributed by atoms with van der Waals surface area (Å²) in [6.07, 6.45) is 5.73. The number of amides is 3. The molecule has 0 saturated heterocycles. The van der Waals surface area contributed by atoms with Crippen LogP contribution >= 0.6 is 11.3 Å². The van der Waals surface area contributed by atoms with Crippen molar-refractivity contribution in [1.82, 2.24) is 16.0 Å². The molecule has 23 heavy (non-hydrogen) atoms. The van der Waals surface area contributed by atoms with Crippen LogP contribution in [-0.4, -0.2) is 30.6 Å². The fourth-order valence-electron chi connectivity index (χ4n) is 2.88. The van der Waals surface area contributed by atoms with Gasteiger partial charge in [0, 0.05) is 41.2 Å². The average Bonchev–Trinajstić information content (AvgIpc) is 3.10. The minimum absolute atomic E-state index is 0.0271. The summed E-state index contributed by atoms with van der Waals surface area (Å²) in [4.78, 5) is 26.1. The van der Waals surface area contributed by atoms with Gasteiger partial charge in [0.15, 0.2) is 0 Å². The Hall–Kier alpha value is -1.56. The lowest BCUT2D eigenvalue weighted by Crippen LogP contribution is -2.43. The Morgan fingerprint density at radius 2 is 2.04 bits per heavy atom. The van der Waals surface area contributed by atoms with Crippen LogP contribution in [0.4, 0.5) is 4.79 Å². The van der Waals surface area contributed by atoms with Crippen LogP contribution in [-0.2, 0) is 11.2 Å². The molecule has 0 aliphatic heterocycles. The van der Waals surface area contributed by atoms with E-state index in [1.165, 1.54) is 22.6 Å². The lowest BCUT2D eigenvalue weighted by molar-refractivity contribution is -0.121. The Morgan fingerprint density at radius 3 is 2.70 bits per heavy atom. The second-order valence-corrected chi connectivity index (χ2v) is 7.69. The first-order valence-corrected chi connectivity index (χ1v) is 9.23. The van der Waals surface area contributed by atoms with Gasteiger partial charge in [0.05, 0.1) is 0 Å². The highest BCUT2D eigenvalue weighted by Gasteiger charge is 2.17. The number of hydrogen-bond acceptors (Lipinski definition) is 3. The molecule has 3 N–H and O–H groups in total. The molecule has 1 aliphatic carbocycles. The van der Waals surface area contributed by atoms with Gasteiger partial charge in [-0.25, -0.2) is 4.79 Å². The molecule has 128 valence electrons. The van der Waals surface area contributed by atoms with Gasteiger partial charge in [-0.15, -0.1) is 11.3 Å². The highest BCUT2D eigenvalue weighted by Crippen LogP contribution is 2.17. The van der Waals surface area contributed by atoms with Crippen molar-refractivity contribution in [1.29, 1.82) is 0 Å². The van der Waals surface area contributed by atoms with E-state index in [9.17, 15) is 9.59 Å². The fourth-order valence-corrected chi connectivity index (χ4v) is 3.90. The summed E-state index contributed by atoms with van der Waals surface area (Å²) in [5.41, 5.74) is 0. The van der Waals surface area contributed by atoms with Crippen LogP contribution in [0.5, 0.6) is 0 Å². The first-order valence-electron chi connectivity index (χ1n) is 8.42. The zero-order chi connectivity index (χ0) is 16.7. The van der Waals surface area contributed by atoms with Crippen molar-refractivity contribution in [2.75, 3.05) is 6.54 Å². The largest absolute Gasteiger partial charge is 0.353 e. The summed E-state index contributed by atoms with van der Waals surface area (Å²) >= 11 is 1.76. The Balaban J connectivity index is 1.57. The Morgan fingerprint density at radius 1 is 1.30 bits per heavy atom. The van der Waals surface area contributed by atoms with Crippen LogP contribution in [0.1, 0.15) is 48.8 Å².